The summed E-state index contributed by atoms with van der Waals surface area (Å²) < 4.78 is 12.0. The number of amides is 3. The van der Waals surface area contributed by atoms with Crippen LogP contribution in [0, 0.1) is 6.92 Å². The summed E-state index contributed by atoms with van der Waals surface area (Å²) in [6.07, 6.45) is 5.18. The molecule has 0 radical (unpaired) electrons. The van der Waals surface area contributed by atoms with Gasteiger partial charge in [-0.25, -0.2) is 36.4 Å². The van der Waals surface area contributed by atoms with E-state index < -0.39 is 24.3 Å². The van der Waals surface area contributed by atoms with Gasteiger partial charge in [0.1, 0.15) is 29.7 Å². The molecule has 8 aromatic carbocycles. The van der Waals surface area contributed by atoms with E-state index in [9.17, 15) is 19.2 Å². The molecule has 4 aliphatic rings. The Morgan fingerprint density at radius 3 is 1.54 bits per heavy atom. The third-order valence-electron chi connectivity index (χ3n) is 19.8. The number of hydrogen-bond acceptors (Lipinski definition) is 25. The zero-order valence-corrected chi connectivity index (χ0v) is 65.9. The van der Waals surface area contributed by atoms with Gasteiger partial charge in [0.2, 0.25) is 11.9 Å². The maximum Gasteiger partial charge on any atom is 0.274 e. The molecule has 0 fully saturated rings. The fraction of sp³-hybridized carbons (Fsp3) is 0.190. The van der Waals surface area contributed by atoms with Crippen molar-refractivity contribution in [3.8, 4) is 33.3 Å². The number of aromatic nitrogens is 6. The number of carbonyl (C=O) groups is 4. The van der Waals surface area contributed by atoms with Crippen LogP contribution < -0.4 is 56.1 Å². The van der Waals surface area contributed by atoms with Gasteiger partial charge in [0.15, 0.2) is 16.0 Å². The number of nitrogens with zero attached hydrogens (tertiary/aromatic N) is 10. The van der Waals surface area contributed by atoms with Gasteiger partial charge in [-0.1, -0.05) is 114 Å². The molecule has 9 N–H and O–H groups in total. The SMILES string of the molecule is COc1cc(C(=O)NO)cc2c1CN(c1nc(-c3sc4ccccc4c3C)cs1)C2.COc1ccc(-c2csc(N3Cc4cc(C(=O)NO)cc(Cl)c4C3)n2)cc1.O=C(CO)c1ccc2c(c1)CCN(c1nccc(NCc3ccccc3)n1)CC2.O=C(NO)c1cc(Cl)c2c(c1)CN(c1nccc(NCc3ccccc3)n1)C2. The van der Waals surface area contributed by atoms with Gasteiger partial charge in [0, 0.05) is 137 Å². The second kappa shape index (κ2) is 36.2. The predicted octanol–water partition coefficient (Wildman–Crippen LogP) is 15.3. The van der Waals surface area contributed by atoms with E-state index in [1.54, 1.807) is 120 Å². The number of anilines is 6. The minimum atomic E-state index is -0.591. The van der Waals surface area contributed by atoms with Crippen LogP contribution in [0.15, 0.2) is 199 Å². The van der Waals surface area contributed by atoms with Crippen LogP contribution in [0.2, 0.25) is 10.0 Å². The molecule has 0 unspecified atom stereocenters. The first kappa shape index (κ1) is 78.7. The van der Waals surface area contributed by atoms with Gasteiger partial charge in [-0.2, -0.15) is 9.97 Å². The Hall–Kier alpha value is -12.0. The number of aliphatic hydroxyl groups is 1. The number of aryl methyl sites for hydroxylation is 1. The van der Waals surface area contributed by atoms with Crippen LogP contribution in [-0.4, -0.2) is 108 Å². The highest BCUT2D eigenvalue weighted by atomic mass is 35.5. The third kappa shape index (κ3) is 18.2. The van der Waals surface area contributed by atoms with Gasteiger partial charge in [-0.05, 0) is 166 Å². The molecule has 30 heteroatoms. The number of hydroxylamine groups is 3. The van der Waals surface area contributed by atoms with Crippen LogP contribution in [0.3, 0.4) is 0 Å². The van der Waals surface area contributed by atoms with Gasteiger partial charge in [-0.3, -0.25) is 34.8 Å². The highest BCUT2D eigenvalue weighted by Gasteiger charge is 2.30. The molecule has 9 heterocycles. The van der Waals surface area contributed by atoms with Crippen LogP contribution in [0.1, 0.15) is 103 Å². The minimum Gasteiger partial charge on any atom is -0.497 e. The number of fused-ring (bicyclic) bond motifs is 5. The Morgan fingerprint density at radius 2 is 0.982 bits per heavy atom. The van der Waals surface area contributed by atoms with E-state index in [0.29, 0.717) is 102 Å². The fourth-order valence-corrected chi connectivity index (χ4v) is 17.3. The lowest BCUT2D eigenvalue weighted by atomic mass is 9.98. The molecule has 13 aromatic rings. The normalized spacial score (nSPS) is 13.0. The Balaban J connectivity index is 0.000000126. The fourth-order valence-electron chi connectivity index (χ4n) is 13.8. The number of thiophene rings is 1. The summed E-state index contributed by atoms with van der Waals surface area (Å²) in [5.41, 5.74) is 21.3. The average Bonchev–Trinajstić information content (AvgIpc) is 1.63. The molecule has 17 rings (SSSR count). The molecule has 25 nitrogen and oxygen atoms in total. The van der Waals surface area contributed by atoms with Crippen molar-refractivity contribution in [3.05, 3.63) is 293 Å². The molecular formula is C84H77Cl2N15O10S3. The molecule has 0 saturated carbocycles. The lowest BCUT2D eigenvalue weighted by Crippen LogP contribution is -2.28. The maximum absolute atomic E-state index is 11.9. The summed E-state index contributed by atoms with van der Waals surface area (Å²) in [7, 11) is 3.23. The lowest BCUT2D eigenvalue weighted by molar-refractivity contribution is 0.0702. The third-order valence-corrected chi connectivity index (χ3v) is 23.5. The number of methoxy groups -OCH3 is 2. The van der Waals surface area contributed by atoms with E-state index in [1.165, 1.54) is 31.7 Å². The summed E-state index contributed by atoms with van der Waals surface area (Å²) >= 11 is 17.6. The highest BCUT2D eigenvalue weighted by molar-refractivity contribution is 7.23. The van der Waals surface area contributed by atoms with Crippen molar-refractivity contribution in [2.24, 2.45) is 0 Å². The number of Topliss-reactive ketones (excluding diaryl/α,β-unsaturated/α-hetero) is 1. The van der Waals surface area contributed by atoms with Crippen molar-refractivity contribution in [1.82, 2.24) is 46.3 Å². The average molecular weight is 1620 g/mol. The van der Waals surface area contributed by atoms with Gasteiger partial charge in [0.05, 0.1) is 30.5 Å². The van der Waals surface area contributed by atoms with Gasteiger partial charge < -0.3 is 44.8 Å². The van der Waals surface area contributed by atoms with E-state index in [2.05, 4.69) is 89.0 Å². The molecule has 0 atom stereocenters. The van der Waals surface area contributed by atoms with E-state index in [0.717, 1.165) is 115 Å². The number of thiazole rings is 2. The van der Waals surface area contributed by atoms with Gasteiger partial charge in [0.25, 0.3) is 17.7 Å². The standard InChI is InChI=1S/C23H24N4O2.C22H19N3O3S2.C20H18ClN5O2.C19H16ClN3O3S/c28-16-21(29)20-7-6-18-9-12-27(13-10-19(18)14-20)23-24-11-8-22(26-23)25-15-17-4-2-1-3-5-17;1-12-15-5-3-4-6-19(15)30-20(12)17-11-29-22(23-17)25-9-14-7-13(21(26)24-27)8-18(28-2)16(14)10-25;21-17-9-14(19(27)25-28)8-15-11-26(12-16(15)17)20-22-7-6-18(24-20)23-10-13-4-2-1-3-5-13;1-26-14-4-2-11(3-5-14)17-10-27-19(21-17)23-8-13-6-12(18(24)22-25)7-16(20)15(13)9-23/h1-8,11,14,28H,9-10,12-13,15-16H2,(H,24,25,26);3-8,11,27H,9-10H2,1-2H3,(H,24,26);1-9,28H,10-12H2,(H,25,27)(H,22,23,24);2-7,10,25H,8-9H2,1H3,(H,22,24). The molecule has 4 aliphatic heterocycles. The summed E-state index contributed by atoms with van der Waals surface area (Å²) in [4.78, 5) is 84.5. The van der Waals surface area contributed by atoms with Crippen LogP contribution >= 0.6 is 57.2 Å². The van der Waals surface area contributed by atoms with Crippen molar-refractivity contribution in [2.45, 2.75) is 72.1 Å². The molecule has 3 amide bonds. The number of halogens is 2. The maximum atomic E-state index is 11.9. The number of benzene rings is 8. The van der Waals surface area contributed by atoms with Crippen molar-refractivity contribution in [2.75, 3.05) is 64.1 Å². The molecule has 0 spiro atoms. The molecular weight excluding hydrogens is 1550 g/mol. The highest BCUT2D eigenvalue weighted by Crippen LogP contribution is 2.43. The van der Waals surface area contributed by atoms with E-state index in [1.807, 2.05) is 107 Å². The number of aliphatic hydroxyl groups excluding tert-OH is 1. The largest absolute Gasteiger partial charge is 0.497 e. The minimum absolute atomic E-state index is 0.241. The second-order valence-corrected chi connectivity index (χ2v) is 30.5. The van der Waals surface area contributed by atoms with Gasteiger partial charge in [-0.15, -0.1) is 34.0 Å². The summed E-state index contributed by atoms with van der Waals surface area (Å²) in [6, 6.07) is 56.0. The first-order chi connectivity index (χ1) is 55.5. The smallest absolute Gasteiger partial charge is 0.274 e. The van der Waals surface area contributed by atoms with Crippen molar-refractivity contribution in [1.29, 1.82) is 0 Å². The number of ketones is 1. The Kier molecular flexibility index (Phi) is 25.0. The number of carbonyl (C=O) groups excluding carboxylic acids is 4. The van der Waals surface area contributed by atoms with Crippen molar-refractivity contribution < 1.29 is 49.4 Å². The zero-order valence-electron chi connectivity index (χ0n) is 61.9. The number of hydrogen-bond donors (Lipinski definition) is 9. The summed E-state index contributed by atoms with van der Waals surface area (Å²) in [6.45, 7) is 8.30. The zero-order chi connectivity index (χ0) is 79.4. The van der Waals surface area contributed by atoms with Crippen molar-refractivity contribution in [3.63, 3.8) is 0 Å². The molecule has 0 saturated heterocycles. The summed E-state index contributed by atoms with van der Waals surface area (Å²) in [5, 5.41) is 50.6. The number of ether oxygens (including phenoxy) is 2. The first-order valence-corrected chi connectivity index (χ1v) is 39.5. The van der Waals surface area contributed by atoms with E-state index in [4.69, 9.17) is 68.4 Å². The second-order valence-electron chi connectivity index (χ2n) is 26.9. The topological polar surface area (TPSA) is 318 Å². The number of nitrogens with one attached hydrogen (secondary N) is 5. The molecule has 114 heavy (non-hydrogen) atoms. The van der Waals surface area contributed by atoms with E-state index in [-0.39, 0.29) is 5.78 Å². The predicted molar refractivity (Wildman–Crippen MR) is 444 cm³/mol. The number of rotatable bonds is 19. The summed E-state index contributed by atoms with van der Waals surface area (Å²) in [5.74, 6) is 2.32. The van der Waals surface area contributed by atoms with Crippen LogP contribution in [0.25, 0.3) is 31.9 Å². The quantitative estimate of drug-likeness (QED) is 0.0206. The monoisotopic (exact) mass is 1620 g/mol. The Labute approximate surface area is 678 Å². The molecule has 580 valence electrons. The molecule has 0 aliphatic carbocycles. The van der Waals surface area contributed by atoms with Crippen LogP contribution in [0.5, 0.6) is 11.5 Å². The van der Waals surface area contributed by atoms with Crippen molar-refractivity contribution >= 4 is 125 Å². The Bertz CT molecular complexity index is 5660. The lowest BCUT2D eigenvalue weighted by Gasteiger charge is -2.20. The van der Waals surface area contributed by atoms with Crippen LogP contribution in [0.4, 0.5) is 33.8 Å². The molecule has 0 bridgehead atoms. The van der Waals surface area contributed by atoms with Crippen LogP contribution in [-0.2, 0) is 65.2 Å². The molecule has 5 aromatic heterocycles. The Morgan fingerprint density at radius 1 is 0.491 bits per heavy atom. The van der Waals surface area contributed by atoms with Gasteiger partial charge >= 0.3 is 0 Å². The van der Waals surface area contributed by atoms with E-state index >= 15 is 0 Å². The first-order valence-electron chi connectivity index (χ1n) is 36.2.